The van der Waals surface area contributed by atoms with Crippen LogP contribution in [0, 0.1) is 0 Å². The van der Waals surface area contributed by atoms with E-state index < -0.39 is 5.91 Å². The molecule has 7 heteroatoms. The van der Waals surface area contributed by atoms with Gasteiger partial charge in [-0.05, 0) is 38.1 Å². The van der Waals surface area contributed by atoms with Gasteiger partial charge in [-0.1, -0.05) is 0 Å². The van der Waals surface area contributed by atoms with Crippen LogP contribution < -0.4 is 15.2 Å². The van der Waals surface area contributed by atoms with E-state index in [1.807, 2.05) is 25.3 Å². The van der Waals surface area contributed by atoms with Crippen LogP contribution in [0.5, 0.6) is 11.6 Å². The molecule has 0 saturated carbocycles. The second-order valence-electron chi connectivity index (χ2n) is 6.25. The van der Waals surface area contributed by atoms with Gasteiger partial charge in [-0.15, -0.1) is 11.3 Å². The number of nitrogens with two attached hydrogens (primary N) is 1. The van der Waals surface area contributed by atoms with E-state index in [4.69, 9.17) is 20.2 Å². The van der Waals surface area contributed by atoms with Gasteiger partial charge in [-0.25, -0.2) is 9.97 Å². The number of ether oxygens (including phenoxy) is 2. The predicted molar refractivity (Wildman–Crippen MR) is 105 cm³/mol. The molecule has 0 bridgehead atoms. The first kappa shape index (κ1) is 18.8. The summed E-state index contributed by atoms with van der Waals surface area (Å²) in [6.45, 7) is 3.92. The van der Waals surface area contributed by atoms with Crippen LogP contribution in [0.4, 0.5) is 0 Å². The van der Waals surface area contributed by atoms with Gasteiger partial charge in [-0.2, -0.15) is 0 Å². The standard InChI is InChI=1S/C20H21N3O3S/c1-12(2)26-17-6-4-13(20(21)24)8-15(17)9-19-23-16(11-27-19)14-5-7-18(25-3)22-10-14/h4-8,10-12H,9H2,1-3H3,(H2,21,24). The van der Waals surface area contributed by atoms with Gasteiger partial charge in [0.2, 0.25) is 11.8 Å². The Bertz CT molecular complexity index is 936. The Kier molecular flexibility index (Phi) is 5.71. The number of primary amides is 1. The third-order valence-corrected chi connectivity index (χ3v) is 4.69. The van der Waals surface area contributed by atoms with E-state index in [0.717, 1.165) is 27.6 Å². The average molecular weight is 383 g/mol. The molecule has 0 aliphatic carbocycles. The number of hydrogen-bond acceptors (Lipinski definition) is 6. The van der Waals surface area contributed by atoms with Crippen LogP contribution in [-0.4, -0.2) is 29.1 Å². The summed E-state index contributed by atoms with van der Waals surface area (Å²) in [6.07, 6.45) is 2.32. The highest BCUT2D eigenvalue weighted by Gasteiger charge is 2.13. The number of nitrogens with zero attached hydrogens (tertiary/aromatic N) is 2. The van der Waals surface area contributed by atoms with Crippen molar-refractivity contribution in [2.24, 2.45) is 5.73 Å². The molecule has 0 saturated heterocycles. The molecule has 2 heterocycles. The Balaban J connectivity index is 1.87. The van der Waals surface area contributed by atoms with Crippen molar-refractivity contribution in [3.8, 4) is 22.9 Å². The molecule has 2 N–H and O–H groups in total. The molecule has 140 valence electrons. The summed E-state index contributed by atoms with van der Waals surface area (Å²) in [6, 6.07) is 8.97. The van der Waals surface area contributed by atoms with Gasteiger partial charge in [-0.3, -0.25) is 4.79 Å². The number of rotatable bonds is 7. The lowest BCUT2D eigenvalue weighted by atomic mass is 10.1. The Morgan fingerprint density at radius 3 is 2.70 bits per heavy atom. The van der Waals surface area contributed by atoms with Gasteiger partial charge in [0.05, 0.1) is 23.9 Å². The maximum atomic E-state index is 11.5. The first-order valence-electron chi connectivity index (χ1n) is 8.50. The SMILES string of the molecule is COc1ccc(-c2csc(Cc3cc(C(N)=O)ccc3OC(C)C)n2)cn1. The molecule has 0 radical (unpaired) electrons. The lowest BCUT2D eigenvalue weighted by molar-refractivity contribution is 0.1000. The number of pyridine rings is 1. The molecule has 0 aliphatic heterocycles. The van der Waals surface area contributed by atoms with Crippen molar-refractivity contribution < 1.29 is 14.3 Å². The largest absolute Gasteiger partial charge is 0.491 e. The van der Waals surface area contributed by atoms with E-state index in [2.05, 4.69) is 4.98 Å². The van der Waals surface area contributed by atoms with Crippen molar-refractivity contribution in [2.75, 3.05) is 7.11 Å². The summed E-state index contributed by atoms with van der Waals surface area (Å²) >= 11 is 1.55. The maximum absolute atomic E-state index is 11.5. The quantitative estimate of drug-likeness (QED) is 0.672. The number of thiazole rings is 1. The molecular formula is C20H21N3O3S. The normalized spacial score (nSPS) is 10.8. The zero-order valence-electron chi connectivity index (χ0n) is 15.4. The van der Waals surface area contributed by atoms with E-state index in [1.165, 1.54) is 0 Å². The molecule has 0 fully saturated rings. The second-order valence-corrected chi connectivity index (χ2v) is 7.19. The fraction of sp³-hybridized carbons (Fsp3) is 0.250. The van der Waals surface area contributed by atoms with Crippen molar-refractivity contribution in [1.82, 2.24) is 9.97 Å². The van der Waals surface area contributed by atoms with E-state index in [-0.39, 0.29) is 6.10 Å². The molecule has 3 aromatic rings. The maximum Gasteiger partial charge on any atom is 0.248 e. The van der Waals surface area contributed by atoms with Crippen LogP contribution >= 0.6 is 11.3 Å². The zero-order valence-corrected chi connectivity index (χ0v) is 16.2. The molecule has 0 unspecified atom stereocenters. The first-order chi connectivity index (χ1) is 13.0. The fourth-order valence-electron chi connectivity index (χ4n) is 2.58. The molecular weight excluding hydrogens is 362 g/mol. The van der Waals surface area contributed by atoms with Gasteiger partial charge < -0.3 is 15.2 Å². The Morgan fingerprint density at radius 2 is 2.07 bits per heavy atom. The van der Waals surface area contributed by atoms with Crippen molar-refractivity contribution in [1.29, 1.82) is 0 Å². The van der Waals surface area contributed by atoms with Gasteiger partial charge in [0.15, 0.2) is 0 Å². The van der Waals surface area contributed by atoms with Crippen LogP contribution in [0.1, 0.15) is 34.8 Å². The van der Waals surface area contributed by atoms with Crippen molar-refractivity contribution >= 4 is 17.2 Å². The van der Waals surface area contributed by atoms with Crippen LogP contribution in [0.3, 0.4) is 0 Å². The highest BCUT2D eigenvalue weighted by molar-refractivity contribution is 7.10. The van der Waals surface area contributed by atoms with Gasteiger partial charge >= 0.3 is 0 Å². The molecule has 1 amide bonds. The van der Waals surface area contributed by atoms with Crippen LogP contribution in [0.2, 0.25) is 0 Å². The van der Waals surface area contributed by atoms with Crippen LogP contribution in [0.25, 0.3) is 11.3 Å². The lowest BCUT2D eigenvalue weighted by Gasteiger charge is -2.14. The van der Waals surface area contributed by atoms with Crippen LogP contribution in [0.15, 0.2) is 41.9 Å². The zero-order chi connectivity index (χ0) is 19.4. The number of amides is 1. The van der Waals surface area contributed by atoms with E-state index in [0.29, 0.717) is 17.9 Å². The minimum Gasteiger partial charge on any atom is -0.491 e. The molecule has 0 aliphatic rings. The highest BCUT2D eigenvalue weighted by Crippen LogP contribution is 2.28. The molecule has 0 atom stereocenters. The number of aromatic nitrogens is 2. The van der Waals surface area contributed by atoms with Crippen LogP contribution in [-0.2, 0) is 6.42 Å². The number of methoxy groups -OCH3 is 1. The second kappa shape index (κ2) is 8.18. The van der Waals surface area contributed by atoms with E-state index in [9.17, 15) is 4.79 Å². The minimum absolute atomic E-state index is 0.0282. The van der Waals surface area contributed by atoms with Gasteiger partial charge in [0, 0.05) is 40.8 Å². The number of carbonyl (C=O) groups excluding carboxylic acids is 1. The van der Waals surface area contributed by atoms with Gasteiger partial charge in [0.25, 0.3) is 0 Å². The van der Waals surface area contributed by atoms with Crippen molar-refractivity contribution in [2.45, 2.75) is 26.4 Å². The number of benzene rings is 1. The Hall–Kier alpha value is -2.93. The number of hydrogen-bond donors (Lipinski definition) is 1. The first-order valence-corrected chi connectivity index (χ1v) is 9.38. The van der Waals surface area contributed by atoms with Crippen molar-refractivity contribution in [3.63, 3.8) is 0 Å². The molecule has 27 heavy (non-hydrogen) atoms. The summed E-state index contributed by atoms with van der Waals surface area (Å²) in [4.78, 5) is 20.4. The summed E-state index contributed by atoms with van der Waals surface area (Å²) in [5.41, 5.74) is 8.53. The third-order valence-electron chi connectivity index (χ3n) is 3.84. The monoisotopic (exact) mass is 383 g/mol. The smallest absolute Gasteiger partial charge is 0.248 e. The molecule has 1 aromatic carbocycles. The van der Waals surface area contributed by atoms with E-state index in [1.54, 1.807) is 48.9 Å². The summed E-state index contributed by atoms with van der Waals surface area (Å²) < 4.78 is 11.0. The Morgan fingerprint density at radius 1 is 1.26 bits per heavy atom. The van der Waals surface area contributed by atoms with E-state index >= 15 is 0 Å². The number of carbonyl (C=O) groups is 1. The Labute approximate surface area is 162 Å². The molecule has 0 spiro atoms. The topological polar surface area (TPSA) is 87.3 Å². The average Bonchev–Trinajstić information content (AvgIpc) is 3.11. The summed E-state index contributed by atoms with van der Waals surface area (Å²) in [7, 11) is 1.58. The fourth-order valence-corrected chi connectivity index (χ4v) is 3.41. The molecule has 3 rings (SSSR count). The summed E-state index contributed by atoms with van der Waals surface area (Å²) in [5.74, 6) is 0.835. The lowest BCUT2D eigenvalue weighted by Crippen LogP contribution is -2.13. The summed E-state index contributed by atoms with van der Waals surface area (Å²) in [5, 5.41) is 2.90. The predicted octanol–water partition coefficient (Wildman–Crippen LogP) is 3.69. The highest BCUT2D eigenvalue weighted by atomic mass is 32.1. The van der Waals surface area contributed by atoms with Crippen molar-refractivity contribution in [3.05, 3.63) is 58.0 Å². The molecule has 6 nitrogen and oxygen atoms in total. The minimum atomic E-state index is -0.462. The molecule has 2 aromatic heterocycles. The van der Waals surface area contributed by atoms with Gasteiger partial charge in [0.1, 0.15) is 5.75 Å². The third kappa shape index (κ3) is 4.62.